The second-order valence-corrected chi connectivity index (χ2v) is 7.28. The average Bonchev–Trinajstić information content (AvgIpc) is 3.01. The zero-order chi connectivity index (χ0) is 16.4. The number of likely N-dealkylation sites (tertiary alicyclic amines) is 1. The van der Waals surface area contributed by atoms with Crippen LogP contribution < -0.4 is 0 Å². The van der Waals surface area contributed by atoms with Crippen molar-refractivity contribution in [1.29, 1.82) is 0 Å². The van der Waals surface area contributed by atoms with Gasteiger partial charge in [-0.3, -0.25) is 4.79 Å². The molecule has 0 aliphatic carbocycles. The van der Waals surface area contributed by atoms with E-state index in [1.165, 1.54) is 11.3 Å². The lowest BCUT2D eigenvalue weighted by Crippen LogP contribution is -2.37. The first-order chi connectivity index (χ1) is 11.1. The molecule has 2 aromatic rings. The first kappa shape index (κ1) is 16.0. The van der Waals surface area contributed by atoms with Gasteiger partial charge < -0.3 is 10.0 Å². The molecule has 1 fully saturated rings. The van der Waals surface area contributed by atoms with Crippen LogP contribution in [0.15, 0.2) is 36.4 Å². The number of aromatic carboxylic acids is 1. The molecule has 1 amide bonds. The molecule has 3 rings (SSSR count). The van der Waals surface area contributed by atoms with Crippen molar-refractivity contribution >= 4 is 34.8 Å². The molecule has 6 heteroatoms. The van der Waals surface area contributed by atoms with Gasteiger partial charge in [0.25, 0.3) is 5.91 Å². The van der Waals surface area contributed by atoms with Crippen molar-refractivity contribution in [2.24, 2.45) is 0 Å². The number of carboxylic acids is 1. The second-order valence-electron chi connectivity index (χ2n) is 5.56. The molecule has 120 valence electrons. The Labute approximate surface area is 143 Å². The summed E-state index contributed by atoms with van der Waals surface area (Å²) in [5.74, 6) is -0.711. The smallest absolute Gasteiger partial charge is 0.335 e. The van der Waals surface area contributed by atoms with Gasteiger partial charge in [-0.05, 0) is 42.5 Å². The van der Waals surface area contributed by atoms with Crippen molar-refractivity contribution in [3.63, 3.8) is 0 Å². The summed E-state index contributed by atoms with van der Waals surface area (Å²) in [6.07, 6.45) is 1.55. The van der Waals surface area contributed by atoms with E-state index in [0.29, 0.717) is 27.9 Å². The molecule has 2 heterocycles. The molecule has 1 saturated heterocycles. The van der Waals surface area contributed by atoms with Gasteiger partial charge in [0.15, 0.2) is 0 Å². The first-order valence-corrected chi connectivity index (χ1v) is 8.62. The molecule has 0 atom stereocenters. The number of amides is 1. The van der Waals surface area contributed by atoms with Crippen LogP contribution in [0.25, 0.3) is 0 Å². The van der Waals surface area contributed by atoms with E-state index in [2.05, 4.69) is 0 Å². The van der Waals surface area contributed by atoms with Crippen LogP contribution in [0, 0.1) is 0 Å². The molecule has 1 N–H and O–H groups in total. The summed E-state index contributed by atoms with van der Waals surface area (Å²) in [5, 5.41) is 9.31. The van der Waals surface area contributed by atoms with E-state index >= 15 is 0 Å². The number of hydrogen-bond acceptors (Lipinski definition) is 3. The van der Waals surface area contributed by atoms with Crippen LogP contribution in [-0.4, -0.2) is 35.0 Å². The number of hydrogen-bond donors (Lipinski definition) is 1. The summed E-state index contributed by atoms with van der Waals surface area (Å²) < 4.78 is 0.610. The molecule has 4 nitrogen and oxygen atoms in total. The van der Waals surface area contributed by atoms with Gasteiger partial charge in [-0.1, -0.05) is 29.8 Å². The van der Waals surface area contributed by atoms with Gasteiger partial charge in [0, 0.05) is 13.1 Å². The number of rotatable bonds is 3. The third kappa shape index (κ3) is 3.41. The molecule has 1 aromatic heterocycles. The summed E-state index contributed by atoms with van der Waals surface area (Å²) in [7, 11) is 0. The number of nitrogens with zero attached hydrogens (tertiary/aromatic N) is 1. The van der Waals surface area contributed by atoms with Crippen molar-refractivity contribution in [3.05, 3.63) is 56.7 Å². The van der Waals surface area contributed by atoms with Gasteiger partial charge in [0.05, 0.1) is 14.8 Å². The number of carbonyl (C=O) groups excluding carboxylic acids is 1. The lowest BCUT2D eigenvalue weighted by molar-refractivity contribution is 0.0681. The Morgan fingerprint density at radius 2 is 1.83 bits per heavy atom. The summed E-state index contributed by atoms with van der Waals surface area (Å²) in [6.45, 7) is 1.26. The number of thiophene rings is 1. The quantitative estimate of drug-likeness (QED) is 0.906. The maximum absolute atomic E-state index is 12.4. The Hall–Kier alpha value is -1.85. The maximum Gasteiger partial charge on any atom is 0.335 e. The van der Waals surface area contributed by atoms with E-state index in [-0.39, 0.29) is 11.8 Å². The number of halogens is 1. The predicted octanol–water partition coefficient (Wildman–Crippen LogP) is 4.12. The van der Waals surface area contributed by atoms with Gasteiger partial charge in [0.1, 0.15) is 0 Å². The van der Waals surface area contributed by atoms with E-state index in [9.17, 15) is 14.7 Å². The van der Waals surface area contributed by atoms with Gasteiger partial charge in [-0.2, -0.15) is 0 Å². The zero-order valence-electron chi connectivity index (χ0n) is 12.4. The Morgan fingerprint density at radius 3 is 2.43 bits per heavy atom. The molecular formula is C17H16ClNO3S. The highest BCUT2D eigenvalue weighted by molar-refractivity contribution is 7.17. The van der Waals surface area contributed by atoms with Crippen LogP contribution >= 0.6 is 22.9 Å². The van der Waals surface area contributed by atoms with Crippen LogP contribution in [0.3, 0.4) is 0 Å². The van der Waals surface area contributed by atoms with Gasteiger partial charge in [-0.15, -0.1) is 11.3 Å². The highest BCUT2D eigenvalue weighted by Gasteiger charge is 2.27. The summed E-state index contributed by atoms with van der Waals surface area (Å²) >= 11 is 7.18. The summed E-state index contributed by atoms with van der Waals surface area (Å²) in [4.78, 5) is 26.2. The third-order valence-corrected chi connectivity index (χ3v) is 5.42. The van der Waals surface area contributed by atoms with E-state index < -0.39 is 5.97 Å². The van der Waals surface area contributed by atoms with Crippen LogP contribution in [0.1, 0.15) is 44.4 Å². The molecule has 0 unspecified atom stereocenters. The fourth-order valence-electron chi connectivity index (χ4n) is 3.03. The van der Waals surface area contributed by atoms with Crippen LogP contribution in [0.5, 0.6) is 0 Å². The third-order valence-electron chi connectivity index (χ3n) is 4.20. The van der Waals surface area contributed by atoms with E-state index in [0.717, 1.165) is 18.4 Å². The first-order valence-electron chi connectivity index (χ1n) is 7.43. The highest BCUT2D eigenvalue weighted by atomic mass is 35.5. The van der Waals surface area contributed by atoms with E-state index in [1.807, 2.05) is 17.0 Å². The number of carboxylic acid groups (broad SMARTS) is 1. The van der Waals surface area contributed by atoms with Gasteiger partial charge >= 0.3 is 5.97 Å². The minimum absolute atomic E-state index is 0.00636. The second kappa shape index (κ2) is 6.72. The monoisotopic (exact) mass is 349 g/mol. The SMILES string of the molecule is O=C(O)c1ccccc1C1CCN(C(=O)c2ccc(Cl)s2)CC1. The Balaban J connectivity index is 1.69. The zero-order valence-corrected chi connectivity index (χ0v) is 13.9. The van der Waals surface area contributed by atoms with Crippen molar-refractivity contribution in [1.82, 2.24) is 4.90 Å². The molecule has 0 radical (unpaired) electrons. The minimum atomic E-state index is -0.896. The van der Waals surface area contributed by atoms with Crippen molar-refractivity contribution in [2.45, 2.75) is 18.8 Å². The Bertz CT molecular complexity index is 735. The standard InChI is InChI=1S/C17H16ClNO3S/c18-15-6-5-14(23-15)16(20)19-9-7-11(8-10-19)12-3-1-2-4-13(12)17(21)22/h1-6,11H,7-10H2,(H,21,22). The van der Waals surface area contributed by atoms with Crippen LogP contribution in [-0.2, 0) is 0 Å². The van der Waals surface area contributed by atoms with E-state index in [4.69, 9.17) is 11.6 Å². The lowest BCUT2D eigenvalue weighted by Gasteiger charge is -2.32. The summed E-state index contributed by atoms with van der Waals surface area (Å²) in [6, 6.07) is 10.6. The van der Waals surface area contributed by atoms with Crippen molar-refractivity contribution < 1.29 is 14.7 Å². The van der Waals surface area contributed by atoms with Crippen LogP contribution in [0.4, 0.5) is 0 Å². The lowest BCUT2D eigenvalue weighted by atomic mass is 9.86. The minimum Gasteiger partial charge on any atom is -0.478 e. The molecule has 1 aromatic carbocycles. The van der Waals surface area contributed by atoms with Crippen molar-refractivity contribution in [3.8, 4) is 0 Å². The van der Waals surface area contributed by atoms with E-state index in [1.54, 1.807) is 24.3 Å². The molecule has 1 aliphatic rings. The number of benzene rings is 1. The summed E-state index contributed by atoms with van der Waals surface area (Å²) in [5.41, 5.74) is 1.23. The number of carbonyl (C=O) groups is 2. The largest absolute Gasteiger partial charge is 0.478 e. The Morgan fingerprint density at radius 1 is 1.13 bits per heavy atom. The molecule has 0 spiro atoms. The molecule has 0 saturated carbocycles. The molecular weight excluding hydrogens is 334 g/mol. The highest BCUT2D eigenvalue weighted by Crippen LogP contribution is 2.32. The fraction of sp³-hybridized carbons (Fsp3) is 0.294. The average molecular weight is 350 g/mol. The fourth-order valence-corrected chi connectivity index (χ4v) is 4.04. The number of piperidine rings is 1. The Kier molecular flexibility index (Phi) is 4.68. The predicted molar refractivity (Wildman–Crippen MR) is 90.6 cm³/mol. The molecule has 0 bridgehead atoms. The van der Waals surface area contributed by atoms with Crippen LogP contribution in [0.2, 0.25) is 4.34 Å². The normalized spacial score (nSPS) is 15.6. The maximum atomic E-state index is 12.4. The van der Waals surface area contributed by atoms with Crippen molar-refractivity contribution in [2.75, 3.05) is 13.1 Å². The molecule has 1 aliphatic heterocycles. The molecule has 23 heavy (non-hydrogen) atoms. The topological polar surface area (TPSA) is 57.6 Å². The van der Waals surface area contributed by atoms with Gasteiger partial charge in [-0.25, -0.2) is 4.79 Å². The van der Waals surface area contributed by atoms with Gasteiger partial charge in [0.2, 0.25) is 0 Å².